The van der Waals surface area contributed by atoms with E-state index in [2.05, 4.69) is 78.9 Å². The summed E-state index contributed by atoms with van der Waals surface area (Å²) < 4.78 is 0. The van der Waals surface area contributed by atoms with E-state index in [1.807, 2.05) is 24.3 Å². The number of benzene rings is 5. The van der Waals surface area contributed by atoms with E-state index in [0.717, 1.165) is 11.1 Å². The van der Waals surface area contributed by atoms with Crippen molar-refractivity contribution in [2.75, 3.05) is 0 Å². The van der Waals surface area contributed by atoms with E-state index in [0.29, 0.717) is 5.46 Å². The van der Waals surface area contributed by atoms with Crippen LogP contribution in [0, 0.1) is 0 Å². The van der Waals surface area contributed by atoms with Crippen LogP contribution in [0.5, 0.6) is 0 Å². The third kappa shape index (κ3) is 2.07. The van der Waals surface area contributed by atoms with E-state index in [9.17, 15) is 10.0 Å². The smallest absolute Gasteiger partial charge is 0.423 e. The summed E-state index contributed by atoms with van der Waals surface area (Å²) in [5.41, 5.74) is 9.88. The van der Waals surface area contributed by atoms with E-state index in [4.69, 9.17) is 0 Å². The molecule has 2 aliphatic carbocycles. The summed E-state index contributed by atoms with van der Waals surface area (Å²) in [6.07, 6.45) is 0. The predicted octanol–water partition coefficient (Wildman–Crippen LogP) is 4.86. The van der Waals surface area contributed by atoms with Crippen molar-refractivity contribution in [2.24, 2.45) is 0 Å². The molecule has 0 radical (unpaired) electrons. The number of fused-ring (bicyclic) bond motifs is 7. The lowest BCUT2D eigenvalue weighted by Crippen LogP contribution is -2.38. The molecule has 0 heterocycles. The molecule has 1 spiro atoms. The van der Waals surface area contributed by atoms with Gasteiger partial charge in [0.25, 0.3) is 0 Å². The van der Waals surface area contributed by atoms with Gasteiger partial charge in [0.15, 0.2) is 0 Å². The van der Waals surface area contributed by atoms with Gasteiger partial charge in [0, 0.05) is 0 Å². The standard InChI is InChI=1S/C29H19BO2/c31-30(32)21-13-15-23-22-14-12-20(18-6-2-1-3-7-18)16-26(22)29(27(23)17-21)24-10-4-8-19-9-5-11-25(29)28(19)24/h1-17,31-32H. The summed E-state index contributed by atoms with van der Waals surface area (Å²) in [5, 5.41) is 22.4. The maximum Gasteiger partial charge on any atom is 0.488 e. The molecular weight excluding hydrogens is 391 g/mol. The molecule has 0 saturated carbocycles. The average Bonchev–Trinajstić information content (AvgIpc) is 3.15. The minimum absolute atomic E-state index is 0.392. The SMILES string of the molecule is OB(O)c1ccc2c(c1)C1(c3cc(-c4ccccc4)ccc3-2)c2cccc3cccc1c23. The second-order valence-electron chi connectivity index (χ2n) is 8.76. The van der Waals surface area contributed by atoms with Crippen molar-refractivity contribution < 1.29 is 10.0 Å². The molecule has 0 unspecified atom stereocenters. The molecule has 2 nitrogen and oxygen atoms in total. The van der Waals surface area contributed by atoms with Crippen molar-refractivity contribution in [3.63, 3.8) is 0 Å². The molecule has 3 heteroatoms. The molecule has 0 fully saturated rings. The first kappa shape index (κ1) is 18.0. The summed E-state index contributed by atoms with van der Waals surface area (Å²) in [6.45, 7) is 0. The Morgan fingerprint density at radius 3 is 1.88 bits per heavy atom. The van der Waals surface area contributed by atoms with Crippen molar-refractivity contribution in [1.82, 2.24) is 0 Å². The first-order chi connectivity index (χ1) is 15.7. The Bertz CT molecular complexity index is 1510. The second-order valence-corrected chi connectivity index (χ2v) is 8.76. The summed E-state index contributed by atoms with van der Waals surface area (Å²) in [7, 11) is -1.49. The quantitative estimate of drug-likeness (QED) is 0.400. The molecule has 5 aromatic rings. The fourth-order valence-electron chi connectivity index (χ4n) is 5.94. The largest absolute Gasteiger partial charge is 0.488 e. The van der Waals surface area contributed by atoms with Crippen LogP contribution in [-0.4, -0.2) is 17.2 Å². The van der Waals surface area contributed by atoms with Gasteiger partial charge in [0.1, 0.15) is 0 Å². The van der Waals surface area contributed by atoms with E-state index in [-0.39, 0.29) is 0 Å². The molecule has 0 atom stereocenters. The zero-order chi connectivity index (χ0) is 21.4. The highest BCUT2D eigenvalue weighted by molar-refractivity contribution is 6.58. The maximum absolute atomic E-state index is 9.93. The van der Waals surface area contributed by atoms with E-state index in [1.165, 1.54) is 44.2 Å². The van der Waals surface area contributed by atoms with Crippen molar-refractivity contribution >= 4 is 23.4 Å². The van der Waals surface area contributed by atoms with Gasteiger partial charge >= 0.3 is 7.12 Å². The van der Waals surface area contributed by atoms with Crippen molar-refractivity contribution in [3.05, 3.63) is 125 Å². The van der Waals surface area contributed by atoms with Crippen LogP contribution in [0.4, 0.5) is 0 Å². The summed E-state index contributed by atoms with van der Waals surface area (Å²) in [5.74, 6) is 0. The molecule has 0 bridgehead atoms. The van der Waals surface area contributed by atoms with Crippen LogP contribution in [0.15, 0.2) is 103 Å². The molecule has 5 aromatic carbocycles. The summed E-state index contributed by atoms with van der Waals surface area (Å²) >= 11 is 0. The van der Waals surface area contributed by atoms with Crippen LogP contribution in [0.25, 0.3) is 33.0 Å². The van der Waals surface area contributed by atoms with Gasteiger partial charge in [-0.15, -0.1) is 0 Å². The van der Waals surface area contributed by atoms with Crippen LogP contribution < -0.4 is 5.46 Å². The Kier molecular flexibility index (Phi) is 3.48. The number of hydrogen-bond acceptors (Lipinski definition) is 2. The molecule has 7 rings (SSSR count). The van der Waals surface area contributed by atoms with Gasteiger partial charge in [0.2, 0.25) is 0 Å². The van der Waals surface area contributed by atoms with E-state index in [1.54, 1.807) is 0 Å². The van der Waals surface area contributed by atoms with Crippen molar-refractivity contribution in [2.45, 2.75) is 5.41 Å². The molecule has 150 valence electrons. The fraction of sp³-hybridized carbons (Fsp3) is 0.0345. The molecule has 2 aliphatic rings. The zero-order valence-corrected chi connectivity index (χ0v) is 17.3. The van der Waals surface area contributed by atoms with Gasteiger partial charge in [-0.25, -0.2) is 0 Å². The van der Waals surface area contributed by atoms with Gasteiger partial charge in [-0.1, -0.05) is 97.1 Å². The molecule has 0 aromatic heterocycles. The van der Waals surface area contributed by atoms with Gasteiger partial charge < -0.3 is 10.0 Å². The third-order valence-electron chi connectivity index (χ3n) is 7.28. The van der Waals surface area contributed by atoms with Gasteiger partial charge in [0.05, 0.1) is 5.41 Å². The van der Waals surface area contributed by atoms with E-state index >= 15 is 0 Å². The maximum atomic E-state index is 9.93. The Morgan fingerprint density at radius 1 is 0.531 bits per heavy atom. The molecule has 32 heavy (non-hydrogen) atoms. The highest BCUT2D eigenvalue weighted by atomic mass is 16.4. The van der Waals surface area contributed by atoms with E-state index < -0.39 is 12.5 Å². The lowest BCUT2D eigenvalue weighted by Gasteiger charge is -2.43. The highest BCUT2D eigenvalue weighted by Crippen LogP contribution is 2.63. The van der Waals surface area contributed by atoms with Crippen LogP contribution in [0.2, 0.25) is 0 Å². The Hall–Kier alpha value is -3.66. The van der Waals surface area contributed by atoms with Gasteiger partial charge in [-0.2, -0.15) is 0 Å². The molecular formula is C29H19BO2. The number of hydrogen-bond donors (Lipinski definition) is 2. The lowest BCUT2D eigenvalue weighted by atomic mass is 9.57. The van der Waals surface area contributed by atoms with Crippen LogP contribution >= 0.6 is 0 Å². The predicted molar refractivity (Wildman–Crippen MR) is 130 cm³/mol. The Morgan fingerprint density at radius 2 is 1.19 bits per heavy atom. The second kappa shape index (κ2) is 6.20. The van der Waals surface area contributed by atoms with Crippen LogP contribution in [0.1, 0.15) is 22.3 Å². The van der Waals surface area contributed by atoms with Crippen molar-refractivity contribution in [3.8, 4) is 22.3 Å². The highest BCUT2D eigenvalue weighted by Gasteiger charge is 2.53. The average molecular weight is 410 g/mol. The number of rotatable bonds is 2. The minimum atomic E-state index is -1.49. The summed E-state index contributed by atoms with van der Waals surface area (Å²) in [6, 6.07) is 36.1. The fourth-order valence-corrected chi connectivity index (χ4v) is 5.94. The molecule has 0 aliphatic heterocycles. The summed E-state index contributed by atoms with van der Waals surface area (Å²) in [4.78, 5) is 0. The third-order valence-corrected chi connectivity index (χ3v) is 7.28. The zero-order valence-electron chi connectivity index (χ0n) is 17.3. The topological polar surface area (TPSA) is 40.5 Å². The Labute approximate surface area is 186 Å². The minimum Gasteiger partial charge on any atom is -0.423 e. The van der Waals surface area contributed by atoms with Gasteiger partial charge in [-0.05, 0) is 66.8 Å². The normalized spacial score (nSPS) is 14.2. The van der Waals surface area contributed by atoms with Gasteiger partial charge in [-0.3, -0.25) is 0 Å². The molecule has 2 N–H and O–H groups in total. The lowest BCUT2D eigenvalue weighted by molar-refractivity contribution is 0.425. The monoisotopic (exact) mass is 410 g/mol. The molecule has 0 saturated heterocycles. The first-order valence-electron chi connectivity index (χ1n) is 10.9. The first-order valence-corrected chi connectivity index (χ1v) is 10.9. The van der Waals surface area contributed by atoms with Crippen LogP contribution in [0.3, 0.4) is 0 Å². The molecule has 0 amide bonds. The van der Waals surface area contributed by atoms with Crippen LogP contribution in [-0.2, 0) is 5.41 Å². The van der Waals surface area contributed by atoms with Crippen molar-refractivity contribution in [1.29, 1.82) is 0 Å². The Balaban J connectivity index is 1.58.